The van der Waals surface area contributed by atoms with Crippen LogP contribution in [0, 0.1) is 5.82 Å². The molecule has 0 N–H and O–H groups in total. The number of halogens is 1. The standard InChI is InChI=1S/C16H16FNO3S2/c17-13-9-12(11-3-1-2-4-11)5-6-16(13)23(20,21)18-14-7-8-22-15(14)10-19/h5-9,11H,1-4,10H2/q-2. The van der Waals surface area contributed by atoms with Crippen molar-refractivity contribution < 1.29 is 17.9 Å². The summed E-state index contributed by atoms with van der Waals surface area (Å²) in [7, 11) is -4.17. The van der Waals surface area contributed by atoms with Crippen LogP contribution in [0.25, 0.3) is 4.72 Å². The Bertz CT molecular complexity index is 795. The first-order valence-corrected chi connectivity index (χ1v) is 9.75. The summed E-state index contributed by atoms with van der Waals surface area (Å²) in [6.45, 7) is -0.547. The van der Waals surface area contributed by atoms with Crippen LogP contribution >= 0.6 is 11.3 Å². The molecule has 3 rings (SSSR count). The Kier molecular flexibility index (Phi) is 4.70. The molecule has 1 aromatic carbocycles. The Morgan fingerprint density at radius 3 is 2.65 bits per heavy atom. The summed E-state index contributed by atoms with van der Waals surface area (Å²) in [5, 5.41) is 12.6. The molecule has 0 bridgehead atoms. The van der Waals surface area contributed by atoms with E-state index < -0.39 is 27.3 Å². The van der Waals surface area contributed by atoms with Gasteiger partial charge in [0.25, 0.3) is 0 Å². The zero-order valence-electron chi connectivity index (χ0n) is 12.4. The van der Waals surface area contributed by atoms with E-state index in [1.807, 2.05) is 0 Å². The smallest absolute Gasteiger partial charge is 0.140 e. The highest BCUT2D eigenvalue weighted by Gasteiger charge is 2.20. The lowest BCUT2D eigenvalue weighted by molar-refractivity contribution is -0.385. The maximum Gasteiger partial charge on any atom is 0.140 e. The van der Waals surface area contributed by atoms with Gasteiger partial charge in [-0.1, -0.05) is 25.0 Å². The first-order valence-electron chi connectivity index (χ1n) is 7.43. The zero-order chi connectivity index (χ0) is 16.4. The van der Waals surface area contributed by atoms with Crippen LogP contribution in [0.1, 0.15) is 42.0 Å². The second-order valence-corrected chi connectivity index (χ2v) is 8.18. The third kappa shape index (κ3) is 3.41. The third-order valence-electron chi connectivity index (χ3n) is 4.13. The molecule has 23 heavy (non-hydrogen) atoms. The molecular formula is C16H16FNO3S2-2. The molecule has 1 fully saturated rings. The van der Waals surface area contributed by atoms with Crippen molar-refractivity contribution in [3.8, 4) is 0 Å². The van der Waals surface area contributed by atoms with Crippen LogP contribution in [0.4, 0.5) is 10.1 Å². The topological polar surface area (TPSA) is 71.3 Å². The number of sulfonamides is 1. The van der Waals surface area contributed by atoms with E-state index >= 15 is 0 Å². The third-order valence-corrected chi connectivity index (χ3v) is 6.34. The van der Waals surface area contributed by atoms with Crippen molar-refractivity contribution in [1.29, 1.82) is 0 Å². The second kappa shape index (κ2) is 6.59. The quantitative estimate of drug-likeness (QED) is 0.821. The van der Waals surface area contributed by atoms with Gasteiger partial charge in [0.1, 0.15) is 15.8 Å². The molecule has 0 spiro atoms. The summed E-state index contributed by atoms with van der Waals surface area (Å²) >= 11 is 1.14. The van der Waals surface area contributed by atoms with Crippen molar-refractivity contribution in [2.24, 2.45) is 0 Å². The lowest BCUT2D eigenvalue weighted by Gasteiger charge is -2.24. The molecule has 1 aromatic heterocycles. The average molecular weight is 353 g/mol. The Labute approximate surface area is 139 Å². The molecule has 1 saturated carbocycles. The van der Waals surface area contributed by atoms with Gasteiger partial charge in [-0.05, 0) is 46.7 Å². The minimum Gasteiger partial charge on any atom is -0.851 e. The number of thiophene rings is 1. The monoisotopic (exact) mass is 353 g/mol. The molecule has 1 aliphatic carbocycles. The van der Waals surface area contributed by atoms with E-state index in [1.54, 1.807) is 11.4 Å². The van der Waals surface area contributed by atoms with E-state index in [9.17, 15) is 17.9 Å². The molecule has 4 nitrogen and oxygen atoms in total. The van der Waals surface area contributed by atoms with Gasteiger partial charge in [-0.25, -0.2) is 12.8 Å². The Hall–Kier alpha value is -1.44. The van der Waals surface area contributed by atoms with Crippen LogP contribution in [0.5, 0.6) is 0 Å². The van der Waals surface area contributed by atoms with Crippen molar-refractivity contribution in [1.82, 2.24) is 0 Å². The predicted molar refractivity (Wildman–Crippen MR) is 85.8 cm³/mol. The van der Waals surface area contributed by atoms with Gasteiger partial charge in [0.2, 0.25) is 0 Å². The first-order chi connectivity index (χ1) is 11.0. The van der Waals surface area contributed by atoms with Crippen LogP contribution in [-0.4, -0.2) is 8.42 Å². The predicted octanol–water partition coefficient (Wildman–Crippen LogP) is 3.80. The molecule has 0 atom stereocenters. The fourth-order valence-corrected chi connectivity index (χ4v) is 4.74. The van der Waals surface area contributed by atoms with E-state index in [0.717, 1.165) is 42.6 Å². The second-order valence-electron chi connectivity index (χ2n) is 5.61. The lowest BCUT2D eigenvalue weighted by Crippen LogP contribution is -2.05. The number of hydrogen-bond acceptors (Lipinski definition) is 4. The Morgan fingerprint density at radius 2 is 2.00 bits per heavy atom. The number of rotatable bonds is 5. The summed E-state index contributed by atoms with van der Waals surface area (Å²) in [4.78, 5) is -0.112. The van der Waals surface area contributed by atoms with Crippen molar-refractivity contribution in [2.75, 3.05) is 0 Å². The maximum atomic E-state index is 14.3. The van der Waals surface area contributed by atoms with Gasteiger partial charge in [0, 0.05) is 0 Å². The zero-order valence-corrected chi connectivity index (χ0v) is 14.0. The van der Waals surface area contributed by atoms with E-state index in [1.165, 1.54) is 18.2 Å². The van der Waals surface area contributed by atoms with Crippen molar-refractivity contribution in [3.05, 3.63) is 50.6 Å². The van der Waals surface area contributed by atoms with E-state index in [-0.39, 0.29) is 5.69 Å². The Morgan fingerprint density at radius 1 is 1.26 bits per heavy atom. The molecule has 0 saturated heterocycles. The Balaban J connectivity index is 1.87. The van der Waals surface area contributed by atoms with Crippen LogP contribution in [0.3, 0.4) is 0 Å². The van der Waals surface area contributed by atoms with Crippen LogP contribution in [-0.2, 0) is 16.6 Å². The van der Waals surface area contributed by atoms with E-state index in [0.29, 0.717) is 10.8 Å². The summed E-state index contributed by atoms with van der Waals surface area (Å²) in [5.74, 6) is -0.473. The number of benzene rings is 1. The molecule has 1 heterocycles. The highest BCUT2D eigenvalue weighted by atomic mass is 32.2. The van der Waals surface area contributed by atoms with Crippen molar-refractivity contribution in [2.45, 2.75) is 43.1 Å². The highest BCUT2D eigenvalue weighted by Crippen LogP contribution is 2.37. The van der Waals surface area contributed by atoms with Crippen molar-refractivity contribution in [3.63, 3.8) is 0 Å². The largest absolute Gasteiger partial charge is 0.851 e. The molecule has 1 aliphatic rings. The van der Waals surface area contributed by atoms with Gasteiger partial charge >= 0.3 is 0 Å². The summed E-state index contributed by atoms with van der Waals surface area (Å²) in [5.41, 5.74) is 0.944. The SMILES string of the molecule is O=S(=O)([N-]c1ccsc1C[O-])c1ccc(C2CCCC2)cc1F. The molecule has 2 aromatic rings. The molecular weight excluding hydrogens is 337 g/mol. The fraction of sp³-hybridized carbons (Fsp3) is 0.375. The first kappa shape index (κ1) is 16.4. The molecule has 0 amide bonds. The molecule has 0 unspecified atom stereocenters. The fourth-order valence-electron chi connectivity index (χ4n) is 2.94. The number of hydrogen-bond donors (Lipinski definition) is 0. The lowest BCUT2D eigenvalue weighted by atomic mass is 9.98. The maximum absolute atomic E-state index is 14.3. The van der Waals surface area contributed by atoms with Gasteiger partial charge in [-0.3, -0.25) is 0 Å². The van der Waals surface area contributed by atoms with E-state index in [4.69, 9.17) is 0 Å². The minimum atomic E-state index is -4.17. The van der Waals surface area contributed by atoms with Gasteiger partial charge in [-0.15, -0.1) is 12.3 Å². The molecule has 0 radical (unpaired) electrons. The van der Waals surface area contributed by atoms with Crippen LogP contribution < -0.4 is 5.11 Å². The molecule has 0 aliphatic heterocycles. The summed E-state index contributed by atoms with van der Waals surface area (Å²) < 4.78 is 42.6. The number of nitrogens with zero attached hydrogens (tertiary/aromatic N) is 1. The van der Waals surface area contributed by atoms with Gasteiger partial charge in [0.15, 0.2) is 0 Å². The van der Waals surface area contributed by atoms with Gasteiger partial charge in [0.05, 0.1) is 4.90 Å². The van der Waals surface area contributed by atoms with Crippen LogP contribution in [0.15, 0.2) is 34.5 Å². The van der Waals surface area contributed by atoms with E-state index in [2.05, 4.69) is 4.72 Å². The normalized spacial score (nSPS) is 15.9. The van der Waals surface area contributed by atoms with Gasteiger partial charge < -0.3 is 9.83 Å². The minimum absolute atomic E-state index is 0.101. The van der Waals surface area contributed by atoms with Crippen molar-refractivity contribution >= 4 is 27.0 Å². The molecule has 7 heteroatoms. The summed E-state index contributed by atoms with van der Waals surface area (Å²) in [6, 6.07) is 5.72. The average Bonchev–Trinajstić information content (AvgIpc) is 3.17. The van der Waals surface area contributed by atoms with Gasteiger partial charge in [-0.2, -0.15) is 11.3 Å². The summed E-state index contributed by atoms with van der Waals surface area (Å²) in [6.07, 6.45) is 4.27. The highest BCUT2D eigenvalue weighted by molar-refractivity contribution is 7.94. The molecule has 124 valence electrons. The van der Waals surface area contributed by atoms with Crippen LogP contribution in [0.2, 0.25) is 0 Å².